The normalized spacial score (nSPS) is 11.4. The largest absolute Gasteiger partial charge is 0.479 e. The first-order valence-corrected chi connectivity index (χ1v) is 7.03. The zero-order valence-corrected chi connectivity index (χ0v) is 13.0. The molecule has 23 heavy (non-hydrogen) atoms. The van der Waals surface area contributed by atoms with Crippen molar-refractivity contribution < 1.29 is 9.53 Å². The smallest absolute Gasteiger partial charge is 0.320 e. The van der Waals surface area contributed by atoms with Crippen LogP contribution in [0.5, 0.6) is 5.88 Å². The van der Waals surface area contributed by atoms with Gasteiger partial charge in [-0.1, -0.05) is 0 Å². The van der Waals surface area contributed by atoms with Crippen molar-refractivity contribution in [2.45, 2.75) is 13.5 Å². The Kier molecular flexibility index (Phi) is 5.50. The number of aliphatic imine (C=N–C) groups is 1. The molecule has 0 atom stereocenters. The van der Waals surface area contributed by atoms with Crippen molar-refractivity contribution in [3.63, 3.8) is 0 Å². The number of aromatic nitrogens is 3. The van der Waals surface area contributed by atoms with Gasteiger partial charge >= 0.3 is 6.03 Å². The lowest BCUT2D eigenvalue weighted by molar-refractivity contribution is 0.252. The summed E-state index contributed by atoms with van der Waals surface area (Å²) in [5.41, 5.74) is 6.58. The van der Waals surface area contributed by atoms with Crippen molar-refractivity contribution in [3.8, 4) is 5.88 Å². The molecule has 0 aliphatic rings. The zero-order chi connectivity index (χ0) is 16.7. The number of methoxy groups -OCH3 is 1. The van der Waals surface area contributed by atoms with Crippen molar-refractivity contribution in [2.24, 2.45) is 10.7 Å². The minimum atomic E-state index is -0.327. The molecule has 0 saturated heterocycles. The molecule has 2 heterocycles. The van der Waals surface area contributed by atoms with Gasteiger partial charge in [-0.2, -0.15) is 0 Å². The summed E-state index contributed by atoms with van der Waals surface area (Å²) in [6, 6.07) is 1.36. The predicted molar refractivity (Wildman–Crippen MR) is 88.7 cm³/mol. The molecule has 5 N–H and O–H groups in total. The Morgan fingerprint density at radius 1 is 1.57 bits per heavy atom. The number of rotatable bonds is 6. The van der Waals surface area contributed by atoms with Crippen LogP contribution >= 0.6 is 0 Å². The highest BCUT2D eigenvalue weighted by molar-refractivity contribution is 5.93. The third kappa shape index (κ3) is 3.96. The van der Waals surface area contributed by atoms with Gasteiger partial charge in [0.2, 0.25) is 5.88 Å². The summed E-state index contributed by atoms with van der Waals surface area (Å²) < 4.78 is 5.23. The molecule has 0 bridgehead atoms. The Hall–Kier alpha value is -3.10. The van der Waals surface area contributed by atoms with E-state index in [-0.39, 0.29) is 6.03 Å². The molecule has 0 fully saturated rings. The lowest BCUT2D eigenvalue weighted by Crippen LogP contribution is -2.28. The van der Waals surface area contributed by atoms with E-state index in [2.05, 4.69) is 30.8 Å². The van der Waals surface area contributed by atoms with Gasteiger partial charge in [-0.15, -0.1) is 5.10 Å². The number of urea groups is 1. The molecule has 2 rings (SSSR count). The van der Waals surface area contributed by atoms with Crippen LogP contribution in [0.3, 0.4) is 0 Å². The summed E-state index contributed by atoms with van der Waals surface area (Å²) in [7, 11) is 1.53. The van der Waals surface area contributed by atoms with E-state index in [4.69, 9.17) is 10.5 Å². The minimum absolute atomic E-state index is 0.293. The molecule has 2 aromatic rings. The van der Waals surface area contributed by atoms with Gasteiger partial charge in [0.1, 0.15) is 5.82 Å². The van der Waals surface area contributed by atoms with Gasteiger partial charge in [-0.05, 0) is 19.2 Å². The standard InChI is InChI=1S/C14H19N7O2/c1-3-17-14(22)19-11-7-9-12(13(23-2)21-20-9)10(18-11)8-16-6-4-5-15/h4-7H,3,8,15H2,1-2H3,(H,20,21)(H2,17,18,19,22). The van der Waals surface area contributed by atoms with Crippen molar-refractivity contribution in [1.29, 1.82) is 0 Å². The number of carbonyl (C=O) groups excluding carboxylic acids is 1. The number of pyridine rings is 1. The molecule has 2 amide bonds. The first-order valence-electron chi connectivity index (χ1n) is 7.03. The Balaban J connectivity index is 2.38. The molecule has 122 valence electrons. The third-order valence-electron chi connectivity index (χ3n) is 2.90. The average Bonchev–Trinajstić information content (AvgIpc) is 2.94. The molecule has 0 spiro atoms. The van der Waals surface area contributed by atoms with Gasteiger partial charge in [0.05, 0.1) is 30.3 Å². The SMILES string of the molecule is CCNC(=O)Nc1cc2[nH]nc(OC)c2c(CN=CC=CN)n1. The summed E-state index contributed by atoms with van der Waals surface area (Å²) in [6.07, 6.45) is 4.57. The predicted octanol–water partition coefficient (Wildman–Crippen LogP) is 1.15. The van der Waals surface area contributed by atoms with Crippen molar-refractivity contribution in [1.82, 2.24) is 20.5 Å². The number of nitrogens with two attached hydrogens (primary N) is 1. The summed E-state index contributed by atoms with van der Waals surface area (Å²) in [4.78, 5) is 20.3. The van der Waals surface area contributed by atoms with Crippen LogP contribution in [-0.4, -0.2) is 41.1 Å². The van der Waals surface area contributed by atoms with Crippen LogP contribution in [0.4, 0.5) is 10.6 Å². The number of allylic oxidation sites excluding steroid dienone is 1. The van der Waals surface area contributed by atoms with E-state index < -0.39 is 0 Å². The quantitative estimate of drug-likeness (QED) is 0.594. The minimum Gasteiger partial charge on any atom is -0.479 e. The number of nitrogens with zero attached hydrogens (tertiary/aromatic N) is 3. The number of aromatic amines is 1. The maximum absolute atomic E-state index is 11.7. The van der Waals surface area contributed by atoms with Gasteiger partial charge in [-0.3, -0.25) is 15.4 Å². The number of anilines is 1. The van der Waals surface area contributed by atoms with Gasteiger partial charge in [-0.25, -0.2) is 9.78 Å². The van der Waals surface area contributed by atoms with Crippen LogP contribution in [0.15, 0.2) is 23.3 Å². The monoisotopic (exact) mass is 317 g/mol. The number of nitrogens with one attached hydrogen (secondary N) is 3. The van der Waals surface area contributed by atoms with Crippen LogP contribution in [0.25, 0.3) is 10.9 Å². The van der Waals surface area contributed by atoms with Crippen LogP contribution in [-0.2, 0) is 6.54 Å². The van der Waals surface area contributed by atoms with Crippen molar-refractivity contribution >= 4 is 29.0 Å². The Morgan fingerprint density at radius 2 is 2.39 bits per heavy atom. The second-order valence-corrected chi connectivity index (χ2v) is 4.47. The second kappa shape index (κ2) is 7.78. The summed E-state index contributed by atoms with van der Waals surface area (Å²) in [5, 5.41) is 13.0. The highest BCUT2D eigenvalue weighted by Gasteiger charge is 2.15. The molecule has 0 aliphatic heterocycles. The van der Waals surface area contributed by atoms with Crippen LogP contribution < -0.4 is 21.1 Å². The van der Waals surface area contributed by atoms with Crippen LogP contribution in [0.2, 0.25) is 0 Å². The molecule has 2 aromatic heterocycles. The maximum atomic E-state index is 11.7. The van der Waals surface area contributed by atoms with E-state index in [9.17, 15) is 4.79 Å². The first kappa shape index (κ1) is 16.3. The zero-order valence-electron chi connectivity index (χ0n) is 13.0. The van der Waals surface area contributed by atoms with E-state index >= 15 is 0 Å². The molecule has 0 aromatic carbocycles. The Bertz CT molecular complexity index is 736. The average molecular weight is 317 g/mol. The van der Waals surface area contributed by atoms with Crippen LogP contribution in [0, 0.1) is 0 Å². The number of hydrogen-bond donors (Lipinski definition) is 4. The molecule has 0 aliphatic carbocycles. The van der Waals surface area contributed by atoms with Crippen LogP contribution in [0.1, 0.15) is 12.6 Å². The van der Waals surface area contributed by atoms with Crippen molar-refractivity contribution in [3.05, 3.63) is 24.0 Å². The van der Waals surface area contributed by atoms with Gasteiger partial charge in [0.15, 0.2) is 0 Å². The van der Waals surface area contributed by atoms with E-state index in [0.717, 1.165) is 5.39 Å². The fourth-order valence-corrected chi connectivity index (χ4v) is 1.99. The topological polar surface area (TPSA) is 130 Å². The highest BCUT2D eigenvalue weighted by Crippen LogP contribution is 2.27. The lowest BCUT2D eigenvalue weighted by atomic mass is 10.2. The van der Waals surface area contributed by atoms with E-state index in [1.54, 1.807) is 18.4 Å². The van der Waals surface area contributed by atoms with E-state index in [1.807, 2.05) is 6.92 Å². The number of fused-ring (bicyclic) bond motifs is 1. The van der Waals surface area contributed by atoms with Gasteiger partial charge < -0.3 is 15.8 Å². The second-order valence-electron chi connectivity index (χ2n) is 4.47. The highest BCUT2D eigenvalue weighted by atomic mass is 16.5. The maximum Gasteiger partial charge on any atom is 0.320 e. The molecule has 9 nitrogen and oxygen atoms in total. The van der Waals surface area contributed by atoms with E-state index in [1.165, 1.54) is 13.3 Å². The number of ether oxygens (including phenoxy) is 1. The number of amides is 2. The molecular formula is C14H19N7O2. The molecule has 0 radical (unpaired) electrons. The molecule has 0 saturated carbocycles. The Morgan fingerprint density at radius 3 is 3.09 bits per heavy atom. The van der Waals surface area contributed by atoms with Gasteiger partial charge in [0.25, 0.3) is 0 Å². The molecule has 9 heteroatoms. The summed E-state index contributed by atoms with van der Waals surface area (Å²) >= 11 is 0. The fraction of sp³-hybridized carbons (Fsp3) is 0.286. The lowest BCUT2D eigenvalue weighted by Gasteiger charge is -2.08. The summed E-state index contributed by atoms with van der Waals surface area (Å²) in [5.74, 6) is 0.825. The number of carbonyl (C=O) groups is 1. The summed E-state index contributed by atoms with van der Waals surface area (Å²) in [6.45, 7) is 2.65. The molecule has 0 unspecified atom stereocenters. The fourth-order valence-electron chi connectivity index (χ4n) is 1.99. The van der Waals surface area contributed by atoms with E-state index in [0.29, 0.717) is 36.0 Å². The van der Waals surface area contributed by atoms with Crippen molar-refractivity contribution in [2.75, 3.05) is 19.0 Å². The van der Waals surface area contributed by atoms with Gasteiger partial charge in [0, 0.05) is 18.8 Å². The number of H-pyrrole nitrogens is 1. The first-order chi connectivity index (χ1) is 11.2. The third-order valence-corrected chi connectivity index (χ3v) is 2.90. The number of hydrogen-bond acceptors (Lipinski definition) is 6. The molecular weight excluding hydrogens is 298 g/mol. The Labute approximate surface area is 133 Å².